The van der Waals surface area contributed by atoms with Gasteiger partial charge in [0, 0.05) is 0 Å². The third kappa shape index (κ3) is 6.02. The van der Waals surface area contributed by atoms with Crippen molar-refractivity contribution in [3.05, 3.63) is 59.2 Å². The van der Waals surface area contributed by atoms with Crippen molar-refractivity contribution in [2.75, 3.05) is 6.61 Å². The minimum atomic E-state index is -0.752. The summed E-state index contributed by atoms with van der Waals surface area (Å²) >= 11 is 0. The highest BCUT2D eigenvalue weighted by molar-refractivity contribution is 5.85. The molecule has 0 bridgehead atoms. The highest BCUT2D eigenvalue weighted by Crippen LogP contribution is 2.22. The van der Waals surface area contributed by atoms with Crippen LogP contribution in [0.25, 0.3) is 0 Å². The zero-order valence-electron chi connectivity index (χ0n) is 16.2. The lowest BCUT2D eigenvalue weighted by atomic mass is 10.1. The topological polar surface area (TPSA) is 76.7 Å². The Morgan fingerprint density at radius 1 is 1.00 bits per heavy atom. The molecule has 0 heterocycles. The van der Waals surface area contributed by atoms with Gasteiger partial charge in [0.15, 0.2) is 12.7 Å². The van der Waals surface area contributed by atoms with Gasteiger partial charge in [-0.1, -0.05) is 37.3 Å². The first kappa shape index (κ1) is 20.3. The summed E-state index contributed by atoms with van der Waals surface area (Å²) in [5.74, 6) is 0.367. The van der Waals surface area contributed by atoms with Crippen LogP contribution in [0.15, 0.2) is 42.5 Å². The molecule has 0 aromatic heterocycles. The third-order valence-electron chi connectivity index (χ3n) is 4.10. The van der Waals surface area contributed by atoms with E-state index in [9.17, 15) is 9.59 Å². The van der Waals surface area contributed by atoms with Gasteiger partial charge in [-0.3, -0.25) is 20.4 Å². The van der Waals surface area contributed by atoms with Crippen molar-refractivity contribution in [3.63, 3.8) is 0 Å². The molecule has 0 aliphatic rings. The van der Waals surface area contributed by atoms with Crippen molar-refractivity contribution in [3.8, 4) is 11.5 Å². The fourth-order valence-corrected chi connectivity index (χ4v) is 2.49. The van der Waals surface area contributed by atoms with E-state index in [1.54, 1.807) is 6.92 Å². The Morgan fingerprint density at radius 2 is 1.63 bits per heavy atom. The summed E-state index contributed by atoms with van der Waals surface area (Å²) in [6.45, 7) is 7.31. The van der Waals surface area contributed by atoms with Crippen molar-refractivity contribution in [1.82, 2.24) is 10.9 Å². The van der Waals surface area contributed by atoms with E-state index in [1.807, 2.05) is 56.3 Å². The van der Waals surface area contributed by atoms with E-state index in [1.165, 1.54) is 5.56 Å². The Morgan fingerprint density at radius 3 is 2.22 bits per heavy atom. The average molecular weight is 370 g/mol. The molecule has 2 aromatic rings. The Balaban J connectivity index is 1.77. The maximum absolute atomic E-state index is 12.1. The number of hydrogen-bond donors (Lipinski definition) is 2. The van der Waals surface area contributed by atoms with Crippen LogP contribution in [-0.2, 0) is 16.0 Å². The molecule has 2 amide bonds. The van der Waals surface area contributed by atoms with Gasteiger partial charge in [0.05, 0.1) is 0 Å². The number of rotatable bonds is 7. The lowest BCUT2D eigenvalue weighted by Gasteiger charge is -2.16. The van der Waals surface area contributed by atoms with Crippen LogP contribution in [0.3, 0.4) is 0 Å². The van der Waals surface area contributed by atoms with Crippen molar-refractivity contribution in [2.45, 2.75) is 40.2 Å². The van der Waals surface area contributed by atoms with Crippen LogP contribution in [0.5, 0.6) is 11.5 Å². The van der Waals surface area contributed by atoms with Crippen molar-refractivity contribution >= 4 is 11.8 Å². The summed E-state index contributed by atoms with van der Waals surface area (Å²) in [4.78, 5) is 24.0. The summed E-state index contributed by atoms with van der Waals surface area (Å²) in [5.41, 5.74) is 7.76. The number of hydrogen-bond acceptors (Lipinski definition) is 4. The van der Waals surface area contributed by atoms with Crippen molar-refractivity contribution < 1.29 is 19.1 Å². The molecule has 144 valence electrons. The number of ether oxygens (including phenoxy) is 2. The van der Waals surface area contributed by atoms with Gasteiger partial charge in [-0.25, -0.2) is 0 Å². The van der Waals surface area contributed by atoms with Crippen LogP contribution in [0.1, 0.15) is 30.5 Å². The largest absolute Gasteiger partial charge is 0.483 e. The predicted molar refractivity (Wildman–Crippen MR) is 104 cm³/mol. The van der Waals surface area contributed by atoms with Gasteiger partial charge in [-0.05, 0) is 56.0 Å². The van der Waals surface area contributed by atoms with E-state index in [4.69, 9.17) is 9.47 Å². The number of para-hydroxylation sites is 1. The van der Waals surface area contributed by atoms with Gasteiger partial charge in [0.1, 0.15) is 11.5 Å². The van der Waals surface area contributed by atoms with Gasteiger partial charge >= 0.3 is 0 Å². The van der Waals surface area contributed by atoms with E-state index in [0.29, 0.717) is 11.5 Å². The Kier molecular flexibility index (Phi) is 7.23. The minimum Gasteiger partial charge on any atom is -0.483 e. The minimum absolute atomic E-state index is 0.195. The average Bonchev–Trinajstić information content (AvgIpc) is 2.66. The Labute approximate surface area is 159 Å². The summed E-state index contributed by atoms with van der Waals surface area (Å²) in [7, 11) is 0. The highest BCUT2D eigenvalue weighted by Gasteiger charge is 2.16. The molecule has 2 aromatic carbocycles. The third-order valence-corrected chi connectivity index (χ3v) is 4.10. The zero-order chi connectivity index (χ0) is 19.8. The zero-order valence-corrected chi connectivity index (χ0v) is 16.2. The molecule has 6 nitrogen and oxygen atoms in total. The summed E-state index contributed by atoms with van der Waals surface area (Å²) in [6, 6.07) is 13.3. The lowest BCUT2D eigenvalue weighted by Crippen LogP contribution is -2.48. The molecule has 2 N–H and O–H groups in total. The molecule has 0 radical (unpaired) electrons. The summed E-state index contributed by atoms with van der Waals surface area (Å²) in [5, 5.41) is 0. The highest BCUT2D eigenvalue weighted by atomic mass is 16.5. The van der Waals surface area contributed by atoms with Gasteiger partial charge in [-0.2, -0.15) is 0 Å². The number of benzene rings is 2. The van der Waals surface area contributed by atoms with Gasteiger partial charge in [0.25, 0.3) is 11.8 Å². The molecular weight excluding hydrogens is 344 g/mol. The molecule has 0 spiro atoms. The Hall–Kier alpha value is -3.02. The number of nitrogens with one attached hydrogen (secondary N) is 2. The molecule has 0 unspecified atom stereocenters. The SMILES string of the molecule is CCc1ccc(O[C@@H](C)C(=O)NNC(=O)COc2c(C)cccc2C)cc1. The van der Waals surface area contributed by atoms with E-state index < -0.39 is 17.9 Å². The van der Waals surface area contributed by atoms with Crippen LogP contribution in [0, 0.1) is 13.8 Å². The van der Waals surface area contributed by atoms with Crippen LogP contribution >= 0.6 is 0 Å². The van der Waals surface area contributed by atoms with E-state index in [-0.39, 0.29) is 6.61 Å². The smallest absolute Gasteiger partial charge is 0.279 e. The number of aryl methyl sites for hydroxylation is 3. The van der Waals surface area contributed by atoms with Gasteiger partial charge in [0.2, 0.25) is 0 Å². The van der Waals surface area contributed by atoms with E-state index in [0.717, 1.165) is 17.5 Å². The molecule has 0 aliphatic carbocycles. The maximum atomic E-state index is 12.1. The number of hydrazine groups is 1. The molecule has 2 rings (SSSR count). The first-order valence-corrected chi connectivity index (χ1v) is 8.94. The first-order valence-electron chi connectivity index (χ1n) is 8.94. The van der Waals surface area contributed by atoms with Crippen molar-refractivity contribution in [1.29, 1.82) is 0 Å². The van der Waals surface area contributed by atoms with Crippen molar-refractivity contribution in [2.24, 2.45) is 0 Å². The van der Waals surface area contributed by atoms with Gasteiger partial charge in [-0.15, -0.1) is 0 Å². The quantitative estimate of drug-likeness (QED) is 0.735. The Bertz CT molecular complexity index is 767. The number of amides is 2. The van der Waals surface area contributed by atoms with Crippen LogP contribution in [-0.4, -0.2) is 24.5 Å². The standard InChI is InChI=1S/C21H26N2O4/c1-5-17-9-11-18(12-10-17)27-16(4)21(25)23-22-19(24)13-26-20-14(2)7-6-8-15(20)3/h6-12,16H,5,13H2,1-4H3,(H,22,24)(H,23,25)/t16-/m0/s1. The fraction of sp³-hybridized carbons (Fsp3) is 0.333. The molecule has 0 saturated carbocycles. The molecule has 0 fully saturated rings. The molecule has 6 heteroatoms. The second-order valence-electron chi connectivity index (χ2n) is 6.30. The van der Waals surface area contributed by atoms with Crippen LogP contribution < -0.4 is 20.3 Å². The molecule has 1 atom stereocenters. The van der Waals surface area contributed by atoms with Crippen LogP contribution in [0.2, 0.25) is 0 Å². The second-order valence-corrected chi connectivity index (χ2v) is 6.30. The summed E-state index contributed by atoms with van der Waals surface area (Å²) < 4.78 is 11.1. The van der Waals surface area contributed by atoms with E-state index in [2.05, 4.69) is 17.8 Å². The fourth-order valence-electron chi connectivity index (χ4n) is 2.49. The monoisotopic (exact) mass is 370 g/mol. The number of carbonyl (C=O) groups excluding carboxylic acids is 2. The molecule has 27 heavy (non-hydrogen) atoms. The second kappa shape index (κ2) is 9.62. The maximum Gasteiger partial charge on any atom is 0.279 e. The predicted octanol–water partition coefficient (Wildman–Crippen LogP) is 2.86. The summed E-state index contributed by atoms with van der Waals surface area (Å²) in [6.07, 6.45) is 0.184. The van der Waals surface area contributed by atoms with Crippen LogP contribution in [0.4, 0.5) is 0 Å². The first-order chi connectivity index (χ1) is 12.9. The normalized spacial score (nSPS) is 11.4. The molecule has 0 saturated heterocycles. The number of carbonyl (C=O) groups is 2. The van der Waals surface area contributed by atoms with E-state index >= 15 is 0 Å². The molecule has 0 aliphatic heterocycles. The van der Waals surface area contributed by atoms with Gasteiger partial charge < -0.3 is 9.47 Å². The lowest BCUT2D eigenvalue weighted by molar-refractivity contribution is -0.133. The molecular formula is C21H26N2O4.